The van der Waals surface area contributed by atoms with Crippen molar-refractivity contribution in [1.82, 2.24) is 4.90 Å². The Labute approximate surface area is 113 Å². The van der Waals surface area contributed by atoms with E-state index < -0.39 is 0 Å². The smallest absolute Gasteiger partial charge is 0.341 e. The van der Waals surface area contributed by atoms with Gasteiger partial charge in [-0.2, -0.15) is 0 Å². The highest BCUT2D eigenvalue weighted by Crippen LogP contribution is 2.20. The third-order valence-corrected chi connectivity index (χ3v) is 3.66. The number of carbonyl (C=O) groups is 1. The average Bonchev–Trinajstić information content (AvgIpc) is 2.82. The fraction of sp³-hybridized carbons (Fsp3) is 0.643. The number of nitrogens with zero attached hydrogens (tertiary/aromatic N) is 1. The topological polar surface area (TPSA) is 68.7 Å². The van der Waals surface area contributed by atoms with Gasteiger partial charge in [0.25, 0.3) is 0 Å². The SMILES string of the molecule is CCOC(=O)c1ccoc1CN1CCC(N)C(C)C1. The Morgan fingerprint density at radius 1 is 1.63 bits per heavy atom. The molecule has 2 atom stereocenters. The second kappa shape index (κ2) is 6.21. The molecule has 0 saturated carbocycles. The maximum absolute atomic E-state index is 11.8. The van der Waals surface area contributed by atoms with Gasteiger partial charge < -0.3 is 14.9 Å². The Kier molecular flexibility index (Phi) is 4.61. The molecule has 5 heteroatoms. The number of furan rings is 1. The van der Waals surface area contributed by atoms with E-state index in [1.807, 2.05) is 0 Å². The van der Waals surface area contributed by atoms with Crippen molar-refractivity contribution in [3.63, 3.8) is 0 Å². The molecule has 1 aliphatic heterocycles. The van der Waals surface area contributed by atoms with Crippen molar-refractivity contribution in [1.29, 1.82) is 0 Å². The molecule has 2 unspecified atom stereocenters. The van der Waals surface area contributed by atoms with Crippen molar-refractivity contribution in [3.8, 4) is 0 Å². The molecule has 1 saturated heterocycles. The number of carbonyl (C=O) groups excluding carboxylic acids is 1. The van der Waals surface area contributed by atoms with Crippen LogP contribution in [0.15, 0.2) is 16.7 Å². The van der Waals surface area contributed by atoms with Crippen molar-refractivity contribution in [2.24, 2.45) is 11.7 Å². The first-order chi connectivity index (χ1) is 9.11. The number of nitrogens with two attached hydrogens (primary N) is 1. The molecule has 0 aromatic carbocycles. The number of likely N-dealkylation sites (tertiary alicyclic amines) is 1. The minimum atomic E-state index is -0.312. The van der Waals surface area contributed by atoms with Crippen LogP contribution in [0.25, 0.3) is 0 Å². The summed E-state index contributed by atoms with van der Waals surface area (Å²) in [5.74, 6) is 0.837. The van der Waals surface area contributed by atoms with E-state index in [-0.39, 0.29) is 12.0 Å². The van der Waals surface area contributed by atoms with Gasteiger partial charge in [-0.25, -0.2) is 4.79 Å². The van der Waals surface area contributed by atoms with Gasteiger partial charge in [0.1, 0.15) is 11.3 Å². The largest absolute Gasteiger partial charge is 0.467 e. The Hall–Kier alpha value is -1.33. The van der Waals surface area contributed by atoms with Crippen LogP contribution in [0.1, 0.15) is 36.4 Å². The van der Waals surface area contributed by atoms with Crippen LogP contribution in [-0.4, -0.2) is 36.6 Å². The number of esters is 1. The van der Waals surface area contributed by atoms with Crippen molar-refractivity contribution in [2.75, 3.05) is 19.7 Å². The molecule has 0 spiro atoms. The van der Waals surface area contributed by atoms with Crippen molar-refractivity contribution in [2.45, 2.75) is 32.9 Å². The predicted octanol–water partition coefficient (Wildman–Crippen LogP) is 1.63. The molecule has 1 aromatic rings. The quantitative estimate of drug-likeness (QED) is 0.839. The highest BCUT2D eigenvalue weighted by molar-refractivity contribution is 5.90. The third kappa shape index (κ3) is 3.36. The molecule has 19 heavy (non-hydrogen) atoms. The maximum atomic E-state index is 11.8. The summed E-state index contributed by atoms with van der Waals surface area (Å²) in [5, 5.41) is 0. The van der Waals surface area contributed by atoms with Crippen LogP contribution in [0.2, 0.25) is 0 Å². The number of hydrogen-bond acceptors (Lipinski definition) is 5. The molecule has 1 fully saturated rings. The summed E-state index contributed by atoms with van der Waals surface area (Å²) in [6.45, 7) is 6.84. The summed E-state index contributed by atoms with van der Waals surface area (Å²) in [5.41, 5.74) is 6.54. The van der Waals surface area contributed by atoms with Gasteiger partial charge in [0.15, 0.2) is 0 Å². The second-order valence-electron chi connectivity index (χ2n) is 5.14. The monoisotopic (exact) mass is 266 g/mol. The number of ether oxygens (including phenoxy) is 1. The molecule has 0 bridgehead atoms. The minimum absolute atomic E-state index is 0.275. The first-order valence-corrected chi connectivity index (χ1v) is 6.83. The lowest BCUT2D eigenvalue weighted by Crippen LogP contribution is -2.45. The number of rotatable bonds is 4. The Morgan fingerprint density at radius 2 is 2.42 bits per heavy atom. The second-order valence-corrected chi connectivity index (χ2v) is 5.14. The normalized spacial score (nSPS) is 24.4. The molecule has 2 N–H and O–H groups in total. The minimum Gasteiger partial charge on any atom is -0.467 e. The molecule has 106 valence electrons. The van der Waals surface area contributed by atoms with E-state index in [1.165, 1.54) is 0 Å². The van der Waals surface area contributed by atoms with Crippen molar-refractivity contribution >= 4 is 5.97 Å². The maximum Gasteiger partial charge on any atom is 0.341 e. The summed E-state index contributed by atoms with van der Waals surface area (Å²) in [6, 6.07) is 1.95. The standard InChI is InChI=1S/C14H22N2O3/c1-3-18-14(17)11-5-7-19-13(11)9-16-6-4-12(15)10(2)8-16/h5,7,10,12H,3-4,6,8-9,15H2,1-2H3. The van der Waals surface area contributed by atoms with Crippen LogP contribution < -0.4 is 5.73 Å². The lowest BCUT2D eigenvalue weighted by atomic mass is 9.95. The molecule has 5 nitrogen and oxygen atoms in total. The lowest BCUT2D eigenvalue weighted by Gasteiger charge is -2.34. The van der Waals surface area contributed by atoms with E-state index in [2.05, 4.69) is 11.8 Å². The summed E-state index contributed by atoms with van der Waals surface area (Å²) >= 11 is 0. The van der Waals surface area contributed by atoms with Gasteiger partial charge in [-0.05, 0) is 25.3 Å². The summed E-state index contributed by atoms with van der Waals surface area (Å²) in [7, 11) is 0. The fourth-order valence-electron chi connectivity index (χ4n) is 2.45. The highest BCUT2D eigenvalue weighted by Gasteiger charge is 2.25. The van der Waals surface area contributed by atoms with Gasteiger partial charge >= 0.3 is 5.97 Å². The van der Waals surface area contributed by atoms with Crippen LogP contribution in [0.3, 0.4) is 0 Å². The summed E-state index contributed by atoms with van der Waals surface area (Å²) in [4.78, 5) is 14.0. The zero-order chi connectivity index (χ0) is 13.8. The zero-order valence-electron chi connectivity index (χ0n) is 11.6. The molecule has 0 aliphatic carbocycles. The van der Waals surface area contributed by atoms with Crippen LogP contribution in [0, 0.1) is 5.92 Å². The molecule has 0 radical (unpaired) electrons. The molecule has 1 aromatic heterocycles. The molecule has 1 aliphatic rings. The van der Waals surface area contributed by atoms with E-state index >= 15 is 0 Å². The van der Waals surface area contributed by atoms with Crippen molar-refractivity contribution in [3.05, 3.63) is 23.7 Å². The van der Waals surface area contributed by atoms with Crippen LogP contribution >= 0.6 is 0 Å². The molecule has 2 heterocycles. The van der Waals surface area contributed by atoms with Gasteiger partial charge in [0.2, 0.25) is 0 Å². The molecular formula is C14H22N2O3. The summed E-state index contributed by atoms with van der Waals surface area (Å²) in [6.07, 6.45) is 2.53. The predicted molar refractivity (Wildman–Crippen MR) is 71.7 cm³/mol. The molecular weight excluding hydrogens is 244 g/mol. The van der Waals surface area contributed by atoms with Gasteiger partial charge in [0, 0.05) is 19.1 Å². The third-order valence-electron chi connectivity index (χ3n) is 3.66. The van der Waals surface area contributed by atoms with Gasteiger partial charge in [-0.1, -0.05) is 6.92 Å². The molecule has 0 amide bonds. The van der Waals surface area contributed by atoms with Crippen LogP contribution in [0.4, 0.5) is 0 Å². The zero-order valence-corrected chi connectivity index (χ0v) is 11.6. The summed E-state index contributed by atoms with van der Waals surface area (Å²) < 4.78 is 10.4. The Bertz CT molecular complexity index is 430. The van der Waals surface area contributed by atoms with Gasteiger partial charge in [-0.3, -0.25) is 4.90 Å². The van der Waals surface area contributed by atoms with Crippen LogP contribution in [0.5, 0.6) is 0 Å². The van der Waals surface area contributed by atoms with E-state index in [9.17, 15) is 4.79 Å². The van der Waals surface area contributed by atoms with Crippen molar-refractivity contribution < 1.29 is 13.9 Å². The van der Waals surface area contributed by atoms with Crippen LogP contribution in [-0.2, 0) is 11.3 Å². The van der Waals surface area contributed by atoms with E-state index in [0.29, 0.717) is 30.4 Å². The lowest BCUT2D eigenvalue weighted by molar-refractivity contribution is 0.0520. The highest BCUT2D eigenvalue weighted by atomic mass is 16.5. The van der Waals surface area contributed by atoms with E-state index in [4.69, 9.17) is 14.9 Å². The first-order valence-electron chi connectivity index (χ1n) is 6.83. The average molecular weight is 266 g/mol. The fourth-order valence-corrected chi connectivity index (χ4v) is 2.45. The van der Waals surface area contributed by atoms with Gasteiger partial charge in [0.05, 0.1) is 19.4 Å². The van der Waals surface area contributed by atoms with E-state index in [0.717, 1.165) is 19.5 Å². The van der Waals surface area contributed by atoms with Gasteiger partial charge in [-0.15, -0.1) is 0 Å². The van der Waals surface area contributed by atoms with E-state index in [1.54, 1.807) is 19.3 Å². The Morgan fingerprint density at radius 3 is 3.11 bits per heavy atom. The molecule has 2 rings (SSSR count). The Balaban J connectivity index is 2.00. The number of piperidine rings is 1. The first kappa shape index (κ1) is 14.1. The number of hydrogen-bond donors (Lipinski definition) is 1.